The Morgan fingerprint density at radius 2 is 1.65 bits per heavy atom. The Balaban J connectivity index is 0.923. The van der Waals surface area contributed by atoms with E-state index in [0.717, 1.165) is 68.9 Å². The van der Waals surface area contributed by atoms with E-state index in [9.17, 15) is 19.8 Å². The van der Waals surface area contributed by atoms with Crippen molar-refractivity contribution in [2.75, 3.05) is 32.7 Å². The maximum Gasteiger partial charge on any atom is 0.273 e. The first kappa shape index (κ1) is 36.2. The van der Waals surface area contributed by atoms with E-state index >= 15 is 0 Å². The summed E-state index contributed by atoms with van der Waals surface area (Å²) < 4.78 is 0. The number of carbonyl (C=O) groups is 2. The third kappa shape index (κ3) is 6.04. The number of carbonyl (C=O) groups excluding carboxylic acids is 2. The lowest BCUT2D eigenvalue weighted by molar-refractivity contribution is -0.163. The average Bonchev–Trinajstić information content (AvgIpc) is 3.72. The second-order valence-corrected chi connectivity index (χ2v) is 23.7. The molecule has 4 aliphatic carbocycles. The highest BCUT2D eigenvalue weighted by Gasteiger charge is 2.65. The largest absolute Gasteiger partial charge is 0.391 e. The highest BCUT2D eigenvalue weighted by molar-refractivity contribution is 6.83. The Morgan fingerprint density at radius 1 is 0.904 bits per heavy atom. The van der Waals surface area contributed by atoms with Gasteiger partial charge in [0, 0.05) is 49.6 Å². The molecule has 4 unspecified atom stereocenters. The van der Waals surface area contributed by atoms with Crippen LogP contribution in [0.25, 0.3) is 10.9 Å². The molecule has 3 heterocycles. The average molecular weight is 725 g/mol. The van der Waals surface area contributed by atoms with Crippen molar-refractivity contribution in [2.24, 2.45) is 34.5 Å². The second-order valence-electron chi connectivity index (χ2n) is 19.0. The van der Waals surface area contributed by atoms with Crippen LogP contribution in [0.5, 0.6) is 0 Å². The molecular formula is C43H60N4O4Si. The lowest BCUT2D eigenvalue weighted by Gasteiger charge is -2.63. The van der Waals surface area contributed by atoms with Crippen LogP contribution in [0.1, 0.15) is 88.5 Å². The maximum atomic E-state index is 14.0. The van der Waals surface area contributed by atoms with E-state index in [4.69, 9.17) is 0 Å². The van der Waals surface area contributed by atoms with Crippen LogP contribution in [0.3, 0.4) is 0 Å². The predicted octanol–water partition coefficient (Wildman–Crippen LogP) is 5.98. The first-order chi connectivity index (χ1) is 24.7. The molecule has 4 saturated carbocycles. The number of rotatable bonds is 3. The number of hydrogen-bond donors (Lipinski definition) is 2. The van der Waals surface area contributed by atoms with Gasteiger partial charge in [-0.25, -0.2) is 4.98 Å². The Labute approximate surface area is 311 Å². The molecule has 2 N–H and O–H groups in total. The summed E-state index contributed by atoms with van der Waals surface area (Å²) in [5.41, 5.74) is 3.86. The number of hydrogen-bond acceptors (Lipinski definition) is 6. The maximum absolute atomic E-state index is 14.0. The number of amides is 2. The Kier molecular flexibility index (Phi) is 9.20. The van der Waals surface area contributed by atoms with Crippen molar-refractivity contribution in [1.82, 2.24) is 19.7 Å². The number of benzene rings is 1. The Morgan fingerprint density at radius 3 is 2.42 bits per heavy atom. The molecule has 9 heteroatoms. The SMILES string of the molecule is C[C@]12C[C@H](N3CCN(C(=O)[C@@H]4CCCN4C(=O)c4ccc5ccccc5n4)CC3)[C@@H](O)CC1CCC1C2CC[C@@]2(C)C1CC[C@@]2(O)C#C[Si](C)(C)C. The number of para-hydroxylation sites is 1. The molecule has 1 aromatic heterocycles. The van der Waals surface area contributed by atoms with E-state index in [-0.39, 0.29) is 34.8 Å². The van der Waals surface area contributed by atoms with Crippen LogP contribution in [0, 0.1) is 46.0 Å². The zero-order valence-corrected chi connectivity index (χ0v) is 33.1. The van der Waals surface area contributed by atoms with Crippen molar-refractivity contribution in [3.8, 4) is 11.5 Å². The third-order valence-electron chi connectivity index (χ3n) is 15.2. The fraction of sp³-hybridized carbons (Fsp3) is 0.698. The monoisotopic (exact) mass is 724 g/mol. The summed E-state index contributed by atoms with van der Waals surface area (Å²) in [6.45, 7) is 15.0. The first-order valence-electron chi connectivity index (χ1n) is 20.4. The number of nitrogens with zero attached hydrogens (tertiary/aromatic N) is 4. The summed E-state index contributed by atoms with van der Waals surface area (Å²) in [7, 11) is -1.60. The quantitative estimate of drug-likeness (QED) is 0.299. The molecule has 2 aromatic rings. The molecule has 6 fully saturated rings. The van der Waals surface area contributed by atoms with E-state index in [2.05, 4.69) is 54.8 Å². The molecule has 10 atom stereocenters. The van der Waals surface area contributed by atoms with Crippen LogP contribution in [-0.2, 0) is 4.79 Å². The standard InChI is InChI=1S/C43H60N4O4Si/c1-41-28-37(38(48)27-30(41)13-14-31-32(41)16-18-42(2)33(31)17-19-43(42,51)20-26-52(3,4)5)45-22-24-46(25-23-45)40(50)36-11-8-21-47(36)39(49)35-15-12-29-9-6-7-10-34(29)44-35/h6-7,9-10,12,15,30-33,36-38,48,51H,8,11,13-14,16-19,21-25,27-28H2,1-5H3/t30?,31?,32?,33?,36-,37-,38-,41-,42-,43+/m0/s1. The van der Waals surface area contributed by atoms with Crippen molar-refractivity contribution in [3.63, 3.8) is 0 Å². The van der Waals surface area contributed by atoms with Crippen LogP contribution in [0.4, 0.5) is 0 Å². The van der Waals surface area contributed by atoms with Gasteiger partial charge < -0.3 is 20.0 Å². The van der Waals surface area contributed by atoms with Crippen molar-refractivity contribution in [1.29, 1.82) is 0 Å². The number of aliphatic hydroxyl groups is 2. The topological polar surface area (TPSA) is 97.2 Å². The van der Waals surface area contributed by atoms with E-state index in [1.807, 2.05) is 35.2 Å². The zero-order valence-electron chi connectivity index (χ0n) is 32.1. The molecule has 1 aromatic carbocycles. The molecule has 2 amide bonds. The van der Waals surface area contributed by atoms with E-state index in [0.29, 0.717) is 55.4 Å². The number of piperazine rings is 1. The fourth-order valence-electron chi connectivity index (χ4n) is 12.2. The highest BCUT2D eigenvalue weighted by Crippen LogP contribution is 2.68. The number of aliphatic hydroxyl groups excluding tert-OH is 1. The van der Waals surface area contributed by atoms with Gasteiger partial charge in [-0.2, -0.15) is 0 Å². The zero-order chi connectivity index (χ0) is 36.6. The first-order valence-corrected chi connectivity index (χ1v) is 23.9. The number of pyridine rings is 1. The van der Waals surface area contributed by atoms with Crippen LogP contribution >= 0.6 is 0 Å². The van der Waals surface area contributed by atoms with Gasteiger partial charge in [0.25, 0.3) is 5.91 Å². The summed E-state index contributed by atoms with van der Waals surface area (Å²) in [6, 6.07) is 11.2. The Bertz CT molecular complexity index is 1780. The highest BCUT2D eigenvalue weighted by atomic mass is 28.3. The number of fused-ring (bicyclic) bond motifs is 6. The van der Waals surface area contributed by atoms with Gasteiger partial charge in [0.15, 0.2) is 0 Å². The third-order valence-corrected chi connectivity index (χ3v) is 16.1. The number of likely N-dealkylation sites (tertiary alicyclic amines) is 1. The van der Waals surface area contributed by atoms with Crippen LogP contribution < -0.4 is 0 Å². The van der Waals surface area contributed by atoms with Crippen LogP contribution in [-0.4, -0.2) is 106 Å². The summed E-state index contributed by atoms with van der Waals surface area (Å²) >= 11 is 0. The van der Waals surface area contributed by atoms with Gasteiger partial charge in [0.1, 0.15) is 25.4 Å². The minimum Gasteiger partial charge on any atom is -0.391 e. The molecule has 8 nitrogen and oxygen atoms in total. The van der Waals surface area contributed by atoms with Gasteiger partial charge in [-0.05, 0) is 105 Å². The fourth-order valence-corrected chi connectivity index (χ4v) is 12.8. The molecular weight excluding hydrogens is 665 g/mol. The normalized spacial score (nSPS) is 39.3. The van der Waals surface area contributed by atoms with Gasteiger partial charge in [-0.1, -0.05) is 63.7 Å². The Hall–Kier alpha value is -2.77. The lowest BCUT2D eigenvalue weighted by atomic mass is 9.44. The van der Waals surface area contributed by atoms with Crippen molar-refractivity contribution < 1.29 is 19.8 Å². The van der Waals surface area contributed by atoms with E-state index in [1.54, 1.807) is 11.0 Å². The van der Waals surface area contributed by atoms with E-state index < -0.39 is 19.7 Å². The van der Waals surface area contributed by atoms with Gasteiger partial charge in [-0.15, -0.1) is 5.54 Å². The van der Waals surface area contributed by atoms with Crippen molar-refractivity contribution in [3.05, 3.63) is 42.1 Å². The molecule has 2 saturated heterocycles. The molecule has 0 bridgehead atoms. The molecule has 8 rings (SSSR count). The molecule has 2 aliphatic heterocycles. The molecule has 0 radical (unpaired) electrons. The molecule has 6 aliphatic rings. The summed E-state index contributed by atoms with van der Waals surface area (Å²) in [5.74, 6) is 5.62. The molecule has 52 heavy (non-hydrogen) atoms. The predicted molar refractivity (Wildman–Crippen MR) is 207 cm³/mol. The van der Waals surface area contributed by atoms with Gasteiger partial charge in [-0.3, -0.25) is 14.5 Å². The van der Waals surface area contributed by atoms with Crippen molar-refractivity contribution >= 4 is 30.8 Å². The summed E-state index contributed by atoms with van der Waals surface area (Å²) in [6.07, 6.45) is 9.42. The molecule has 280 valence electrons. The van der Waals surface area contributed by atoms with Crippen LogP contribution in [0.15, 0.2) is 36.4 Å². The van der Waals surface area contributed by atoms with Gasteiger partial charge in [0.2, 0.25) is 5.91 Å². The second kappa shape index (κ2) is 13.2. The lowest BCUT2D eigenvalue weighted by Crippen LogP contribution is -2.63. The number of aromatic nitrogens is 1. The summed E-state index contributed by atoms with van der Waals surface area (Å²) in [5, 5.41) is 24.7. The van der Waals surface area contributed by atoms with Gasteiger partial charge in [0.05, 0.1) is 11.6 Å². The smallest absolute Gasteiger partial charge is 0.273 e. The van der Waals surface area contributed by atoms with Gasteiger partial charge >= 0.3 is 0 Å². The minimum atomic E-state index is -1.60. The summed E-state index contributed by atoms with van der Waals surface area (Å²) in [4.78, 5) is 38.4. The van der Waals surface area contributed by atoms with E-state index in [1.165, 1.54) is 12.8 Å². The molecule has 0 spiro atoms. The van der Waals surface area contributed by atoms with Crippen LogP contribution in [0.2, 0.25) is 19.6 Å². The van der Waals surface area contributed by atoms with Crippen molar-refractivity contribution in [2.45, 2.75) is 121 Å². The minimum absolute atomic E-state index is 0.0499.